The summed E-state index contributed by atoms with van der Waals surface area (Å²) >= 11 is 0. The van der Waals surface area contributed by atoms with Crippen LogP contribution in [-0.2, 0) is 9.53 Å². The van der Waals surface area contributed by atoms with Gasteiger partial charge < -0.3 is 15.4 Å². The Hall–Kier alpha value is -1.10. The highest BCUT2D eigenvalue weighted by atomic mass is 16.6. The third-order valence-corrected chi connectivity index (χ3v) is 4.72. The largest absolute Gasteiger partial charge is 0.444 e. The van der Waals surface area contributed by atoms with Gasteiger partial charge in [0.25, 0.3) is 0 Å². The van der Waals surface area contributed by atoms with Gasteiger partial charge >= 0.3 is 6.09 Å². The predicted molar refractivity (Wildman–Crippen MR) is 81.2 cm³/mol. The van der Waals surface area contributed by atoms with Crippen molar-refractivity contribution in [3.63, 3.8) is 0 Å². The number of ketones is 1. The molecule has 1 amide bonds. The minimum atomic E-state index is -0.461. The Morgan fingerprint density at radius 3 is 1.90 bits per heavy atom. The van der Waals surface area contributed by atoms with E-state index in [9.17, 15) is 9.59 Å². The molecule has 3 saturated carbocycles. The van der Waals surface area contributed by atoms with E-state index < -0.39 is 5.60 Å². The summed E-state index contributed by atoms with van der Waals surface area (Å²) in [5.74, 6) is 0.179. The number of hydrogen-bond acceptors (Lipinski definition) is 4. The fourth-order valence-corrected chi connectivity index (χ4v) is 3.47. The van der Waals surface area contributed by atoms with Crippen LogP contribution in [-0.4, -0.2) is 35.1 Å². The highest BCUT2D eigenvalue weighted by Crippen LogP contribution is 2.46. The van der Waals surface area contributed by atoms with Crippen LogP contribution in [0.25, 0.3) is 0 Å². The van der Waals surface area contributed by atoms with Gasteiger partial charge in [-0.1, -0.05) is 0 Å². The van der Waals surface area contributed by atoms with Gasteiger partial charge in [0.2, 0.25) is 0 Å². The van der Waals surface area contributed by atoms with Gasteiger partial charge in [-0.25, -0.2) is 4.79 Å². The lowest BCUT2D eigenvalue weighted by atomic mass is 9.61. The molecule has 0 aromatic heterocycles. The Morgan fingerprint density at radius 1 is 1.00 bits per heavy atom. The molecule has 0 aromatic rings. The summed E-state index contributed by atoms with van der Waals surface area (Å²) in [6.07, 6.45) is 5.59. The van der Waals surface area contributed by atoms with Crippen LogP contribution in [0.15, 0.2) is 0 Å². The smallest absolute Gasteiger partial charge is 0.408 e. The van der Waals surface area contributed by atoms with E-state index in [2.05, 4.69) is 10.6 Å². The van der Waals surface area contributed by atoms with Crippen LogP contribution in [0.2, 0.25) is 0 Å². The zero-order valence-corrected chi connectivity index (χ0v) is 13.7. The van der Waals surface area contributed by atoms with E-state index in [0.717, 1.165) is 38.5 Å². The second kappa shape index (κ2) is 5.59. The normalized spacial score (nSPS) is 31.8. The Morgan fingerprint density at radius 2 is 1.48 bits per heavy atom. The number of alkyl carbamates (subject to hydrolysis) is 1. The number of rotatable bonds is 4. The summed E-state index contributed by atoms with van der Waals surface area (Å²) in [4.78, 5) is 23.2. The molecule has 0 aliphatic heterocycles. The van der Waals surface area contributed by atoms with Crippen molar-refractivity contribution in [1.29, 1.82) is 0 Å². The molecular formula is C16H28N2O3. The monoisotopic (exact) mass is 296 g/mol. The summed E-state index contributed by atoms with van der Waals surface area (Å²) in [5, 5.41) is 6.54. The van der Waals surface area contributed by atoms with Gasteiger partial charge in [0.05, 0.1) is 6.54 Å². The van der Waals surface area contributed by atoms with Crippen LogP contribution >= 0.6 is 0 Å². The first-order chi connectivity index (χ1) is 9.64. The Bertz CT molecular complexity index is 401. The number of nitrogens with one attached hydrogen (secondary N) is 2. The lowest BCUT2D eigenvalue weighted by Crippen LogP contribution is -2.63. The molecule has 0 unspecified atom stereocenters. The highest BCUT2D eigenvalue weighted by molar-refractivity contribution is 5.77. The van der Waals surface area contributed by atoms with E-state index in [0.29, 0.717) is 6.54 Å². The number of hydrogen-bond donors (Lipinski definition) is 2. The molecule has 0 atom stereocenters. The van der Waals surface area contributed by atoms with E-state index in [1.54, 1.807) is 6.92 Å². The second-order valence-electron chi connectivity index (χ2n) is 7.74. The minimum Gasteiger partial charge on any atom is -0.444 e. The molecule has 3 fully saturated rings. The minimum absolute atomic E-state index is 0.100. The molecule has 0 spiro atoms. The SMILES string of the molecule is CC(=O)CNC12CCC(NC(=O)OC(C)(C)C)(CC1)CC2. The van der Waals surface area contributed by atoms with E-state index in [4.69, 9.17) is 4.74 Å². The average Bonchev–Trinajstić information content (AvgIpc) is 2.36. The van der Waals surface area contributed by atoms with Crippen LogP contribution in [0.5, 0.6) is 0 Å². The average molecular weight is 296 g/mol. The molecule has 2 bridgehead atoms. The zero-order chi connectivity index (χ0) is 15.7. The van der Waals surface area contributed by atoms with E-state index in [1.165, 1.54) is 0 Å². The molecular weight excluding hydrogens is 268 g/mol. The van der Waals surface area contributed by atoms with E-state index >= 15 is 0 Å². The van der Waals surface area contributed by atoms with Crippen molar-refractivity contribution in [3.05, 3.63) is 0 Å². The zero-order valence-electron chi connectivity index (χ0n) is 13.7. The molecule has 2 N–H and O–H groups in total. The number of Topliss-reactive ketones (excluding diaryl/α,β-unsaturated/α-hetero) is 1. The van der Waals surface area contributed by atoms with Crippen LogP contribution < -0.4 is 10.6 Å². The molecule has 5 nitrogen and oxygen atoms in total. The summed E-state index contributed by atoms with van der Waals surface area (Å²) in [5.41, 5.74) is -0.470. The van der Waals surface area contributed by atoms with Crippen molar-refractivity contribution >= 4 is 11.9 Å². The lowest BCUT2D eigenvalue weighted by Gasteiger charge is -2.53. The quantitative estimate of drug-likeness (QED) is 0.836. The molecule has 21 heavy (non-hydrogen) atoms. The van der Waals surface area contributed by atoms with Crippen molar-refractivity contribution in [2.45, 2.75) is 82.9 Å². The first-order valence-electron chi connectivity index (χ1n) is 7.89. The molecule has 0 aromatic carbocycles. The predicted octanol–water partition coefficient (Wildman–Crippen LogP) is 2.54. The fourth-order valence-electron chi connectivity index (χ4n) is 3.47. The Balaban J connectivity index is 1.89. The Labute approximate surface area is 127 Å². The third kappa shape index (κ3) is 4.19. The molecule has 3 aliphatic rings. The van der Waals surface area contributed by atoms with Gasteiger partial charge in [-0.05, 0) is 66.2 Å². The molecule has 0 heterocycles. The maximum atomic E-state index is 12.0. The molecule has 0 saturated heterocycles. The topological polar surface area (TPSA) is 67.4 Å². The lowest BCUT2D eigenvalue weighted by molar-refractivity contribution is -0.116. The summed E-state index contributed by atoms with van der Waals surface area (Å²) in [7, 11) is 0. The van der Waals surface area contributed by atoms with Crippen LogP contribution in [0, 0.1) is 0 Å². The van der Waals surface area contributed by atoms with E-state index in [-0.39, 0.29) is 23.0 Å². The maximum absolute atomic E-state index is 12.0. The molecule has 0 radical (unpaired) electrons. The van der Waals surface area contributed by atoms with Gasteiger partial charge in [0, 0.05) is 11.1 Å². The Kier molecular flexibility index (Phi) is 4.34. The number of carbonyl (C=O) groups excluding carboxylic acids is 2. The number of amides is 1. The number of fused-ring (bicyclic) bond motifs is 3. The third-order valence-electron chi connectivity index (χ3n) is 4.72. The summed E-state index contributed by atoms with van der Waals surface area (Å²) < 4.78 is 5.38. The van der Waals surface area contributed by atoms with Crippen molar-refractivity contribution in [3.8, 4) is 0 Å². The van der Waals surface area contributed by atoms with Gasteiger partial charge in [-0.3, -0.25) is 4.79 Å². The van der Waals surface area contributed by atoms with Crippen LogP contribution in [0.3, 0.4) is 0 Å². The van der Waals surface area contributed by atoms with Crippen LogP contribution in [0.4, 0.5) is 4.79 Å². The van der Waals surface area contributed by atoms with Crippen molar-refractivity contribution in [2.75, 3.05) is 6.54 Å². The highest BCUT2D eigenvalue weighted by Gasteiger charge is 2.49. The van der Waals surface area contributed by atoms with Crippen molar-refractivity contribution < 1.29 is 14.3 Å². The number of carbonyl (C=O) groups is 2. The van der Waals surface area contributed by atoms with Crippen molar-refractivity contribution in [2.24, 2.45) is 0 Å². The fraction of sp³-hybridized carbons (Fsp3) is 0.875. The molecule has 5 heteroatoms. The van der Waals surface area contributed by atoms with E-state index in [1.807, 2.05) is 20.8 Å². The van der Waals surface area contributed by atoms with Crippen molar-refractivity contribution in [1.82, 2.24) is 10.6 Å². The molecule has 3 rings (SSSR count). The summed E-state index contributed by atoms with van der Waals surface area (Å²) in [6, 6.07) is 0. The number of ether oxygens (including phenoxy) is 1. The first-order valence-corrected chi connectivity index (χ1v) is 7.89. The van der Waals surface area contributed by atoms with Gasteiger partial charge in [-0.2, -0.15) is 0 Å². The second-order valence-corrected chi connectivity index (χ2v) is 7.74. The molecule has 120 valence electrons. The van der Waals surface area contributed by atoms with Crippen LogP contribution in [0.1, 0.15) is 66.2 Å². The standard InChI is InChI=1S/C16H28N2O3/c1-12(19)11-17-15-5-8-16(9-6-15,10-7-15)18-13(20)21-14(2,3)4/h17H,5-11H2,1-4H3,(H,18,20). The summed E-state index contributed by atoms with van der Waals surface area (Å²) in [6.45, 7) is 7.70. The van der Waals surface area contributed by atoms with Gasteiger partial charge in [0.15, 0.2) is 0 Å². The van der Waals surface area contributed by atoms with Gasteiger partial charge in [-0.15, -0.1) is 0 Å². The maximum Gasteiger partial charge on any atom is 0.408 e. The first kappa shape index (κ1) is 16.3. The molecule has 3 aliphatic carbocycles. The van der Waals surface area contributed by atoms with Gasteiger partial charge in [0.1, 0.15) is 11.4 Å².